The summed E-state index contributed by atoms with van der Waals surface area (Å²) in [5.74, 6) is -5.25. The molecule has 3 amide bonds. The van der Waals surface area contributed by atoms with Crippen molar-refractivity contribution in [3.63, 3.8) is 0 Å². The van der Waals surface area contributed by atoms with Crippen molar-refractivity contribution in [2.75, 3.05) is 14.2 Å². The molecule has 0 heterocycles. The van der Waals surface area contributed by atoms with Crippen molar-refractivity contribution < 1.29 is 47.7 Å². The van der Waals surface area contributed by atoms with Crippen LogP contribution in [0.1, 0.15) is 53.0 Å². The first kappa shape index (κ1) is 33.9. The fourth-order valence-electron chi connectivity index (χ4n) is 3.25. The maximum absolute atomic E-state index is 13.2. The molecule has 0 saturated heterocycles. The van der Waals surface area contributed by atoms with Gasteiger partial charge >= 0.3 is 24.0 Å². The zero-order valence-corrected chi connectivity index (χ0v) is 23.9. The summed E-state index contributed by atoms with van der Waals surface area (Å²) in [6, 6.07) is 4.14. The monoisotopic (exact) mass is 565 g/mol. The van der Waals surface area contributed by atoms with Crippen molar-refractivity contribution in [2.45, 2.75) is 77.8 Å². The summed E-state index contributed by atoms with van der Waals surface area (Å²) in [7, 11) is 2.14. The number of methoxy groups -OCH3 is 2. The Hall–Kier alpha value is -4.16. The topological polar surface area (TPSA) is 175 Å². The first-order valence-corrected chi connectivity index (χ1v) is 12.7. The number of carbonyl (C=O) groups is 6. The quantitative estimate of drug-likeness (QED) is 0.180. The maximum Gasteiger partial charge on any atom is 0.408 e. The summed E-state index contributed by atoms with van der Waals surface area (Å²) in [6.45, 7) is 8.19. The van der Waals surface area contributed by atoms with E-state index in [1.165, 1.54) is 0 Å². The molecule has 0 aliphatic rings. The van der Waals surface area contributed by atoms with E-state index < -0.39 is 66.0 Å². The molecule has 0 aliphatic heterocycles. The minimum Gasteiger partial charge on any atom is -0.467 e. The average Bonchev–Trinajstić information content (AvgIpc) is 2.91. The largest absolute Gasteiger partial charge is 0.467 e. The minimum absolute atomic E-state index is 0.0851. The van der Waals surface area contributed by atoms with E-state index in [1.807, 2.05) is 0 Å². The second-order valence-corrected chi connectivity index (χ2v) is 9.91. The lowest BCUT2D eigenvalue weighted by Crippen LogP contribution is -2.59. The smallest absolute Gasteiger partial charge is 0.408 e. The molecule has 222 valence electrons. The van der Waals surface area contributed by atoms with Gasteiger partial charge in [0.05, 0.1) is 20.6 Å². The highest BCUT2D eigenvalue weighted by Gasteiger charge is 2.37. The van der Waals surface area contributed by atoms with Gasteiger partial charge in [-0.25, -0.2) is 14.4 Å². The highest BCUT2D eigenvalue weighted by Crippen LogP contribution is 2.11. The molecule has 13 nitrogen and oxygen atoms in total. The van der Waals surface area contributed by atoms with Gasteiger partial charge in [-0.3, -0.25) is 14.4 Å². The third-order valence-electron chi connectivity index (χ3n) is 5.57. The maximum atomic E-state index is 13.2. The van der Waals surface area contributed by atoms with E-state index in [0.29, 0.717) is 12.0 Å². The number of esters is 3. The molecule has 1 aromatic carbocycles. The van der Waals surface area contributed by atoms with Crippen molar-refractivity contribution in [3.8, 4) is 0 Å². The molecule has 1 unspecified atom stereocenters. The molecule has 0 bridgehead atoms. The van der Waals surface area contributed by atoms with Crippen molar-refractivity contribution >= 4 is 35.8 Å². The van der Waals surface area contributed by atoms with Gasteiger partial charge in [-0.1, -0.05) is 50.6 Å². The van der Waals surface area contributed by atoms with Crippen LogP contribution in [0.4, 0.5) is 4.79 Å². The van der Waals surface area contributed by atoms with E-state index in [0.717, 1.165) is 14.2 Å². The van der Waals surface area contributed by atoms with E-state index in [2.05, 4.69) is 20.7 Å². The van der Waals surface area contributed by atoms with Crippen molar-refractivity contribution in [2.24, 2.45) is 5.92 Å². The van der Waals surface area contributed by atoms with Crippen molar-refractivity contribution in [3.05, 3.63) is 35.9 Å². The second kappa shape index (κ2) is 16.1. The van der Waals surface area contributed by atoms with Gasteiger partial charge in [-0.15, -0.1) is 0 Å². The SMILES string of the molecule is CC[C@@H](C)[C@H](NC(=O)C(NC(=O)[C@H](CC(=O)OCc1ccccc1)NC(=O)OC(C)(C)C)C(=O)OC)C(=O)OC. The Balaban J connectivity index is 3.13. The van der Waals surface area contributed by atoms with Gasteiger partial charge in [0.25, 0.3) is 5.91 Å². The van der Waals surface area contributed by atoms with E-state index in [1.54, 1.807) is 65.0 Å². The minimum atomic E-state index is -1.92. The van der Waals surface area contributed by atoms with Crippen LogP contribution in [0, 0.1) is 5.92 Å². The predicted octanol–water partition coefficient (Wildman–Crippen LogP) is 1.37. The van der Waals surface area contributed by atoms with Gasteiger partial charge < -0.3 is 34.9 Å². The Morgan fingerprint density at radius 2 is 1.45 bits per heavy atom. The molecule has 4 atom stereocenters. The predicted molar refractivity (Wildman–Crippen MR) is 141 cm³/mol. The van der Waals surface area contributed by atoms with Gasteiger partial charge in [-0.2, -0.15) is 0 Å². The molecule has 0 radical (unpaired) electrons. The number of hydrogen-bond donors (Lipinski definition) is 3. The van der Waals surface area contributed by atoms with Crippen LogP contribution in [0.25, 0.3) is 0 Å². The van der Waals surface area contributed by atoms with Crippen LogP contribution in [-0.2, 0) is 49.5 Å². The van der Waals surface area contributed by atoms with Gasteiger partial charge in [0.1, 0.15) is 24.3 Å². The summed E-state index contributed by atoms with van der Waals surface area (Å²) >= 11 is 0. The normalized spacial score (nSPS) is 13.9. The lowest BCUT2D eigenvalue weighted by molar-refractivity contribution is -0.152. The highest BCUT2D eigenvalue weighted by molar-refractivity contribution is 6.06. The molecule has 0 spiro atoms. The zero-order valence-electron chi connectivity index (χ0n) is 23.9. The first-order chi connectivity index (χ1) is 18.7. The molecule has 0 aromatic heterocycles. The molecule has 3 N–H and O–H groups in total. The summed E-state index contributed by atoms with van der Waals surface area (Å²) in [6.07, 6.45) is -1.18. The summed E-state index contributed by atoms with van der Waals surface area (Å²) in [5, 5.41) is 6.84. The van der Waals surface area contributed by atoms with Crippen LogP contribution in [0.3, 0.4) is 0 Å². The highest BCUT2D eigenvalue weighted by atomic mass is 16.6. The second-order valence-electron chi connectivity index (χ2n) is 9.91. The number of hydrogen-bond acceptors (Lipinski definition) is 10. The number of ether oxygens (including phenoxy) is 4. The molecular formula is C27H39N3O10. The van der Waals surface area contributed by atoms with Gasteiger partial charge in [-0.05, 0) is 32.3 Å². The number of rotatable bonds is 13. The summed E-state index contributed by atoms with van der Waals surface area (Å²) < 4.78 is 19.8. The fraction of sp³-hybridized carbons (Fsp3) is 0.556. The third kappa shape index (κ3) is 11.7. The summed E-state index contributed by atoms with van der Waals surface area (Å²) in [5.41, 5.74) is -0.229. The fourth-order valence-corrected chi connectivity index (χ4v) is 3.25. The van der Waals surface area contributed by atoms with Crippen LogP contribution in [-0.4, -0.2) is 73.8 Å². The average molecular weight is 566 g/mol. The molecule has 40 heavy (non-hydrogen) atoms. The molecule has 1 rings (SSSR count). The van der Waals surface area contributed by atoms with Crippen LogP contribution in [0.15, 0.2) is 30.3 Å². The zero-order chi connectivity index (χ0) is 30.5. The Bertz CT molecular complexity index is 1040. The molecule has 0 aliphatic carbocycles. The Kier molecular flexibility index (Phi) is 13.6. The van der Waals surface area contributed by atoms with E-state index in [9.17, 15) is 28.8 Å². The lowest BCUT2D eigenvalue weighted by atomic mass is 9.99. The lowest BCUT2D eigenvalue weighted by Gasteiger charge is -2.26. The van der Waals surface area contributed by atoms with Crippen LogP contribution in [0.5, 0.6) is 0 Å². The van der Waals surface area contributed by atoms with Gasteiger partial charge in [0.2, 0.25) is 11.9 Å². The number of carbonyl (C=O) groups excluding carboxylic acids is 6. The molecule has 0 fully saturated rings. The standard InChI is InChI=1S/C27H39N3O10/c1-8-16(2)20(24(34)37-6)29-23(33)21(25(35)38-7)30-22(32)18(28-26(36)40-27(3,4)5)14-19(31)39-15-17-12-10-9-11-13-17/h9-13,16,18,20-21H,8,14-15H2,1-7H3,(H,28,36)(H,29,33)(H,30,32)/t16-,18+,20+,21?/m1/s1. The molecular weight excluding hydrogens is 526 g/mol. The molecule has 13 heteroatoms. The van der Waals surface area contributed by atoms with Crippen LogP contribution in [0.2, 0.25) is 0 Å². The summed E-state index contributed by atoms with van der Waals surface area (Å²) in [4.78, 5) is 75.8. The molecule has 0 saturated carbocycles. The Morgan fingerprint density at radius 3 is 1.98 bits per heavy atom. The number of alkyl carbamates (subject to hydrolysis) is 1. The van der Waals surface area contributed by atoms with Crippen LogP contribution < -0.4 is 16.0 Å². The van der Waals surface area contributed by atoms with E-state index >= 15 is 0 Å². The van der Waals surface area contributed by atoms with Crippen LogP contribution >= 0.6 is 0 Å². The number of amides is 3. The molecule has 1 aromatic rings. The van der Waals surface area contributed by atoms with Gasteiger partial charge in [0, 0.05) is 0 Å². The Labute approximate surface area is 233 Å². The number of benzene rings is 1. The van der Waals surface area contributed by atoms with Crippen molar-refractivity contribution in [1.82, 2.24) is 16.0 Å². The Morgan fingerprint density at radius 1 is 0.850 bits per heavy atom. The van der Waals surface area contributed by atoms with Crippen molar-refractivity contribution in [1.29, 1.82) is 0 Å². The number of nitrogens with one attached hydrogen (secondary N) is 3. The van der Waals surface area contributed by atoms with E-state index in [-0.39, 0.29) is 12.5 Å². The third-order valence-corrected chi connectivity index (χ3v) is 5.57. The van der Waals surface area contributed by atoms with E-state index in [4.69, 9.17) is 14.2 Å². The van der Waals surface area contributed by atoms with Gasteiger partial charge in [0.15, 0.2) is 0 Å². The first-order valence-electron chi connectivity index (χ1n) is 12.7.